The van der Waals surface area contributed by atoms with Gasteiger partial charge < -0.3 is 26.2 Å². The van der Waals surface area contributed by atoms with E-state index in [0.29, 0.717) is 16.9 Å². The topological polar surface area (TPSA) is 98.8 Å². The second-order valence-electron chi connectivity index (χ2n) is 5.01. The van der Waals surface area contributed by atoms with Crippen LogP contribution in [0.5, 0.6) is 0 Å². The summed E-state index contributed by atoms with van der Waals surface area (Å²) in [5, 5.41) is 21.6. The number of hydrogen-bond donors (Lipinski definition) is 4. The third-order valence-electron chi connectivity index (χ3n) is 2.70. The van der Waals surface area contributed by atoms with Gasteiger partial charge in [0.15, 0.2) is 0 Å². The van der Waals surface area contributed by atoms with Gasteiger partial charge in [-0.3, -0.25) is 4.79 Å². The van der Waals surface area contributed by atoms with E-state index in [1.165, 1.54) is 11.8 Å². The number of benzene rings is 1. The highest BCUT2D eigenvalue weighted by atomic mass is 16.3. The molecule has 1 aromatic carbocycles. The molecular weight excluding hydrogens is 246 g/mol. The molecule has 0 aliphatic carbocycles. The Labute approximate surface area is 112 Å². The molecule has 0 aliphatic heterocycles. The molecule has 19 heavy (non-hydrogen) atoms. The highest BCUT2D eigenvalue weighted by molar-refractivity contribution is 5.95. The predicted octanol–water partition coefficient (Wildman–Crippen LogP) is 0.126. The van der Waals surface area contributed by atoms with Crippen LogP contribution in [0.4, 0.5) is 11.4 Å². The number of amides is 1. The molecule has 0 aliphatic rings. The summed E-state index contributed by atoms with van der Waals surface area (Å²) in [4.78, 5) is 13.2. The minimum atomic E-state index is -1.22. The number of hydrogen-bond acceptors (Lipinski definition) is 5. The normalized spacial score (nSPS) is 13.7. The molecule has 1 atom stereocenters. The summed E-state index contributed by atoms with van der Waals surface area (Å²) >= 11 is 0. The number of nitrogens with one attached hydrogen (secondary N) is 1. The molecule has 6 nitrogen and oxygen atoms in total. The summed E-state index contributed by atoms with van der Waals surface area (Å²) in [6, 6.07) is 4.92. The molecule has 0 heterocycles. The minimum Gasteiger partial charge on any atom is -0.397 e. The van der Waals surface area contributed by atoms with Crippen LogP contribution in [0.1, 0.15) is 17.3 Å². The van der Waals surface area contributed by atoms with E-state index < -0.39 is 5.60 Å². The first-order valence-corrected chi connectivity index (χ1v) is 5.95. The summed E-state index contributed by atoms with van der Waals surface area (Å²) in [5.41, 5.74) is 6.17. The highest BCUT2D eigenvalue weighted by Crippen LogP contribution is 2.21. The Morgan fingerprint density at radius 1 is 1.47 bits per heavy atom. The van der Waals surface area contributed by atoms with E-state index in [1.54, 1.807) is 32.3 Å². The van der Waals surface area contributed by atoms with Crippen LogP contribution in [-0.4, -0.2) is 53.9 Å². The molecule has 0 spiro atoms. The summed E-state index contributed by atoms with van der Waals surface area (Å²) in [6.07, 6.45) is 0. The van der Waals surface area contributed by atoms with Gasteiger partial charge in [0.25, 0.3) is 5.91 Å². The van der Waals surface area contributed by atoms with Crippen molar-refractivity contribution in [3.8, 4) is 0 Å². The predicted molar refractivity (Wildman–Crippen MR) is 75.1 cm³/mol. The van der Waals surface area contributed by atoms with E-state index in [1.807, 2.05) is 0 Å². The van der Waals surface area contributed by atoms with Crippen LogP contribution in [-0.2, 0) is 0 Å². The molecular formula is C13H21N3O3. The van der Waals surface area contributed by atoms with Crippen molar-refractivity contribution in [3.05, 3.63) is 23.8 Å². The van der Waals surface area contributed by atoms with Crippen LogP contribution in [0.3, 0.4) is 0 Å². The van der Waals surface area contributed by atoms with Crippen LogP contribution >= 0.6 is 0 Å². The lowest BCUT2D eigenvalue weighted by Gasteiger charge is -2.22. The Balaban J connectivity index is 2.81. The SMILES string of the molecule is CN(C)C(=O)c1ccc(NCC(C)(O)CO)c(N)c1. The summed E-state index contributed by atoms with van der Waals surface area (Å²) < 4.78 is 0. The Kier molecular flexibility index (Phi) is 4.74. The second kappa shape index (κ2) is 5.90. The lowest BCUT2D eigenvalue weighted by atomic mass is 10.1. The molecule has 6 heteroatoms. The van der Waals surface area contributed by atoms with Gasteiger partial charge in [0.05, 0.1) is 18.0 Å². The van der Waals surface area contributed by atoms with E-state index in [9.17, 15) is 9.90 Å². The van der Waals surface area contributed by atoms with Crippen molar-refractivity contribution in [2.24, 2.45) is 0 Å². The van der Waals surface area contributed by atoms with Gasteiger partial charge in [-0.1, -0.05) is 0 Å². The molecule has 1 aromatic rings. The zero-order chi connectivity index (χ0) is 14.6. The van der Waals surface area contributed by atoms with Gasteiger partial charge in [-0.2, -0.15) is 0 Å². The van der Waals surface area contributed by atoms with Gasteiger partial charge in [0.2, 0.25) is 0 Å². The maximum absolute atomic E-state index is 11.7. The first kappa shape index (κ1) is 15.3. The van der Waals surface area contributed by atoms with Crippen molar-refractivity contribution >= 4 is 17.3 Å². The largest absolute Gasteiger partial charge is 0.397 e. The van der Waals surface area contributed by atoms with Crippen molar-refractivity contribution in [1.82, 2.24) is 4.90 Å². The molecule has 106 valence electrons. The maximum atomic E-state index is 11.7. The third kappa shape index (κ3) is 4.11. The van der Waals surface area contributed by atoms with Crippen molar-refractivity contribution in [2.75, 3.05) is 38.3 Å². The number of aliphatic hydroxyl groups excluding tert-OH is 1. The highest BCUT2D eigenvalue weighted by Gasteiger charge is 2.19. The van der Waals surface area contributed by atoms with Crippen LogP contribution < -0.4 is 11.1 Å². The number of nitrogens with two attached hydrogens (primary N) is 1. The molecule has 0 saturated heterocycles. The van der Waals surface area contributed by atoms with Gasteiger partial charge in [0.1, 0.15) is 5.60 Å². The molecule has 0 fully saturated rings. The number of nitrogens with zero attached hydrogens (tertiary/aromatic N) is 1. The summed E-state index contributed by atoms with van der Waals surface area (Å²) in [6.45, 7) is 1.33. The van der Waals surface area contributed by atoms with E-state index in [-0.39, 0.29) is 19.1 Å². The number of anilines is 2. The lowest BCUT2D eigenvalue weighted by molar-refractivity contribution is 0.0132. The molecule has 0 saturated carbocycles. The molecule has 1 amide bonds. The van der Waals surface area contributed by atoms with Crippen LogP contribution in [0.25, 0.3) is 0 Å². The van der Waals surface area contributed by atoms with Gasteiger partial charge in [-0.25, -0.2) is 0 Å². The molecule has 0 aromatic heterocycles. The zero-order valence-corrected chi connectivity index (χ0v) is 11.5. The molecule has 0 radical (unpaired) electrons. The Morgan fingerprint density at radius 2 is 2.11 bits per heavy atom. The average molecular weight is 267 g/mol. The number of carbonyl (C=O) groups excluding carboxylic acids is 1. The maximum Gasteiger partial charge on any atom is 0.253 e. The van der Waals surface area contributed by atoms with Crippen LogP contribution in [0.2, 0.25) is 0 Å². The average Bonchev–Trinajstić information content (AvgIpc) is 2.36. The van der Waals surface area contributed by atoms with Crippen LogP contribution in [0, 0.1) is 0 Å². The molecule has 1 unspecified atom stereocenters. The van der Waals surface area contributed by atoms with E-state index in [4.69, 9.17) is 10.8 Å². The third-order valence-corrected chi connectivity index (χ3v) is 2.70. The fourth-order valence-electron chi connectivity index (χ4n) is 1.46. The fraction of sp³-hybridized carbons (Fsp3) is 0.462. The van der Waals surface area contributed by atoms with E-state index in [2.05, 4.69) is 5.32 Å². The van der Waals surface area contributed by atoms with E-state index in [0.717, 1.165) is 0 Å². The fourth-order valence-corrected chi connectivity index (χ4v) is 1.46. The Morgan fingerprint density at radius 3 is 2.58 bits per heavy atom. The Bertz CT molecular complexity index is 458. The minimum absolute atomic E-state index is 0.124. The van der Waals surface area contributed by atoms with Gasteiger partial charge in [0, 0.05) is 26.2 Å². The van der Waals surface area contributed by atoms with E-state index >= 15 is 0 Å². The molecule has 0 bridgehead atoms. The number of rotatable bonds is 5. The lowest BCUT2D eigenvalue weighted by Crippen LogP contribution is -2.37. The molecule has 1 rings (SSSR count). The molecule has 5 N–H and O–H groups in total. The van der Waals surface area contributed by atoms with Crippen molar-refractivity contribution in [1.29, 1.82) is 0 Å². The first-order valence-electron chi connectivity index (χ1n) is 5.95. The Hall–Kier alpha value is -1.79. The van der Waals surface area contributed by atoms with Crippen molar-refractivity contribution in [3.63, 3.8) is 0 Å². The van der Waals surface area contributed by atoms with Crippen LogP contribution in [0.15, 0.2) is 18.2 Å². The summed E-state index contributed by atoms with van der Waals surface area (Å²) in [7, 11) is 3.34. The smallest absolute Gasteiger partial charge is 0.253 e. The number of nitrogen functional groups attached to an aromatic ring is 1. The quantitative estimate of drug-likeness (QED) is 0.568. The van der Waals surface area contributed by atoms with Crippen molar-refractivity contribution < 1.29 is 15.0 Å². The van der Waals surface area contributed by atoms with Crippen molar-refractivity contribution in [2.45, 2.75) is 12.5 Å². The number of aliphatic hydroxyl groups is 2. The second-order valence-corrected chi connectivity index (χ2v) is 5.01. The zero-order valence-electron chi connectivity index (χ0n) is 11.5. The monoisotopic (exact) mass is 267 g/mol. The van der Waals surface area contributed by atoms with Gasteiger partial charge in [-0.05, 0) is 25.1 Å². The van der Waals surface area contributed by atoms with Gasteiger partial charge >= 0.3 is 0 Å². The van der Waals surface area contributed by atoms with Gasteiger partial charge in [-0.15, -0.1) is 0 Å². The summed E-state index contributed by atoms with van der Waals surface area (Å²) in [5.74, 6) is -0.124. The first-order chi connectivity index (χ1) is 8.76. The standard InChI is InChI=1S/C13H21N3O3/c1-13(19,8-17)7-15-11-5-4-9(6-10(11)14)12(18)16(2)3/h4-6,15,17,19H,7-8,14H2,1-3H3. The number of carbonyl (C=O) groups is 1.